The molecule has 0 N–H and O–H groups in total. The van der Waals surface area contributed by atoms with E-state index in [0.717, 1.165) is 19.4 Å². The first-order valence-corrected chi connectivity index (χ1v) is 11.6. The second-order valence-corrected chi connectivity index (χ2v) is 10.3. The third-order valence-corrected chi connectivity index (χ3v) is 7.02. The molecule has 0 aliphatic carbocycles. The Hall–Kier alpha value is -1.44. The van der Waals surface area contributed by atoms with Crippen molar-refractivity contribution in [1.82, 2.24) is 14.1 Å². The van der Waals surface area contributed by atoms with E-state index in [-0.39, 0.29) is 10.8 Å². The molecule has 2 atom stereocenters. The van der Waals surface area contributed by atoms with Gasteiger partial charge in [0, 0.05) is 38.3 Å². The number of hydrogen-bond donors (Lipinski definition) is 0. The van der Waals surface area contributed by atoms with Crippen LogP contribution in [0.4, 0.5) is 0 Å². The van der Waals surface area contributed by atoms with E-state index in [1.807, 2.05) is 30.8 Å². The molecule has 1 aliphatic heterocycles. The summed E-state index contributed by atoms with van der Waals surface area (Å²) in [6.07, 6.45) is 1.94. The smallest absolute Gasteiger partial charge is 0.253 e. The Bertz CT molecular complexity index is 737. The van der Waals surface area contributed by atoms with Crippen LogP contribution in [-0.2, 0) is 10.0 Å². The van der Waals surface area contributed by atoms with Crippen molar-refractivity contribution in [2.45, 2.75) is 38.5 Å². The number of benzene rings is 1. The minimum absolute atomic E-state index is 0.0483. The fraction of sp³-hybridized carbons (Fsp3) is 0.667. The van der Waals surface area contributed by atoms with Crippen molar-refractivity contribution in [2.75, 3.05) is 46.8 Å². The lowest BCUT2D eigenvalue weighted by Crippen LogP contribution is -2.42. The molecule has 1 heterocycles. The molecule has 1 aliphatic rings. The average Bonchev–Trinajstić information content (AvgIpc) is 2.63. The maximum atomic E-state index is 13.0. The summed E-state index contributed by atoms with van der Waals surface area (Å²) in [5.41, 5.74) is 0.534. The average molecular weight is 410 g/mol. The summed E-state index contributed by atoms with van der Waals surface area (Å²) in [7, 11) is 0.445. The van der Waals surface area contributed by atoms with Gasteiger partial charge in [0.15, 0.2) is 0 Å². The number of likely N-dealkylation sites (N-methyl/N-ethyl adjacent to an activating group) is 1. The second kappa shape index (κ2) is 9.85. The highest BCUT2D eigenvalue weighted by molar-refractivity contribution is 7.89. The Morgan fingerprint density at radius 1 is 1.04 bits per heavy atom. The number of piperidine rings is 1. The van der Waals surface area contributed by atoms with Crippen LogP contribution < -0.4 is 0 Å². The summed E-state index contributed by atoms with van der Waals surface area (Å²) in [4.78, 5) is 17.0. The molecular weight excluding hydrogens is 374 g/mol. The van der Waals surface area contributed by atoms with Gasteiger partial charge in [0.2, 0.25) is 10.0 Å². The molecule has 1 amide bonds. The van der Waals surface area contributed by atoms with Crippen LogP contribution in [0.2, 0.25) is 0 Å². The molecule has 0 radical (unpaired) electrons. The predicted molar refractivity (Wildman–Crippen MR) is 113 cm³/mol. The zero-order valence-corrected chi connectivity index (χ0v) is 18.7. The molecular formula is C21H35N3O3S. The van der Waals surface area contributed by atoms with Crippen LogP contribution in [0.1, 0.15) is 44.0 Å². The molecule has 28 heavy (non-hydrogen) atoms. The molecule has 2 unspecified atom stereocenters. The van der Waals surface area contributed by atoms with Gasteiger partial charge >= 0.3 is 0 Å². The number of rotatable bonds is 8. The fourth-order valence-electron chi connectivity index (χ4n) is 3.81. The van der Waals surface area contributed by atoms with Gasteiger partial charge in [0.25, 0.3) is 5.91 Å². The van der Waals surface area contributed by atoms with Gasteiger partial charge in [-0.2, -0.15) is 4.31 Å². The molecule has 158 valence electrons. The number of sulfonamides is 1. The maximum Gasteiger partial charge on any atom is 0.253 e. The fourth-order valence-corrected chi connectivity index (χ4v) is 5.49. The first-order valence-electron chi connectivity index (χ1n) is 10.2. The zero-order valence-electron chi connectivity index (χ0n) is 17.9. The van der Waals surface area contributed by atoms with Gasteiger partial charge < -0.3 is 9.80 Å². The van der Waals surface area contributed by atoms with Crippen LogP contribution in [0.15, 0.2) is 29.2 Å². The largest absolute Gasteiger partial charge is 0.337 e. The topological polar surface area (TPSA) is 60.9 Å². The Labute approximate surface area is 170 Å². The number of carbonyl (C=O) groups is 1. The number of amides is 1. The zero-order chi connectivity index (χ0) is 20.9. The van der Waals surface area contributed by atoms with Gasteiger partial charge in [-0.25, -0.2) is 8.42 Å². The molecule has 6 nitrogen and oxygen atoms in total. The summed E-state index contributed by atoms with van der Waals surface area (Å²) in [6.45, 7) is 9.49. The Morgan fingerprint density at radius 3 is 2.11 bits per heavy atom. The molecule has 0 bridgehead atoms. The summed E-state index contributed by atoms with van der Waals surface area (Å²) < 4.78 is 27.6. The number of carbonyl (C=O) groups excluding carboxylic acids is 1. The van der Waals surface area contributed by atoms with Gasteiger partial charge in [-0.3, -0.25) is 4.79 Å². The minimum Gasteiger partial charge on any atom is -0.337 e. The first kappa shape index (κ1) is 22.8. The molecule has 7 heteroatoms. The van der Waals surface area contributed by atoms with E-state index in [2.05, 4.69) is 13.8 Å². The van der Waals surface area contributed by atoms with Crippen LogP contribution in [0.25, 0.3) is 0 Å². The predicted octanol–water partition coefficient (Wildman–Crippen LogP) is 2.77. The summed E-state index contributed by atoms with van der Waals surface area (Å²) in [5, 5.41) is 0. The number of hydrogen-bond acceptors (Lipinski definition) is 4. The first-order chi connectivity index (χ1) is 13.1. The van der Waals surface area contributed by atoms with Crippen molar-refractivity contribution >= 4 is 15.9 Å². The van der Waals surface area contributed by atoms with Gasteiger partial charge in [-0.05, 0) is 63.0 Å². The van der Waals surface area contributed by atoms with Crippen LogP contribution in [0, 0.1) is 11.8 Å². The Balaban J connectivity index is 2.15. The number of nitrogens with zero attached hydrogens (tertiary/aromatic N) is 3. The van der Waals surface area contributed by atoms with E-state index in [4.69, 9.17) is 0 Å². The van der Waals surface area contributed by atoms with Crippen molar-refractivity contribution in [3.05, 3.63) is 29.8 Å². The van der Waals surface area contributed by atoms with Crippen LogP contribution >= 0.6 is 0 Å². The van der Waals surface area contributed by atoms with Gasteiger partial charge in [0.1, 0.15) is 0 Å². The Kier molecular flexibility index (Phi) is 8.04. The Morgan fingerprint density at radius 2 is 1.61 bits per heavy atom. The van der Waals surface area contributed by atoms with Gasteiger partial charge in [-0.1, -0.05) is 20.8 Å². The van der Waals surface area contributed by atoms with Crippen LogP contribution in [0.5, 0.6) is 0 Å². The van der Waals surface area contributed by atoms with Crippen molar-refractivity contribution in [3.8, 4) is 0 Å². The van der Waals surface area contributed by atoms with E-state index >= 15 is 0 Å². The van der Waals surface area contributed by atoms with Crippen LogP contribution in [0.3, 0.4) is 0 Å². The molecule has 2 rings (SSSR count). The standard InChI is InChI=1S/C21H35N3O3S/c1-6-11-23(13-12-22(4)5)21(25)19-7-9-20(10-8-19)28(26,27)24-15-17(2)14-18(3)16-24/h7-10,17-18H,6,11-16H2,1-5H3. The van der Waals surface area contributed by atoms with Crippen molar-refractivity contribution in [3.63, 3.8) is 0 Å². The second-order valence-electron chi connectivity index (χ2n) is 8.39. The summed E-state index contributed by atoms with van der Waals surface area (Å²) in [5.74, 6) is 0.671. The third-order valence-electron chi connectivity index (χ3n) is 5.17. The lowest BCUT2D eigenvalue weighted by atomic mass is 9.94. The van der Waals surface area contributed by atoms with Crippen molar-refractivity contribution < 1.29 is 13.2 Å². The molecule has 0 spiro atoms. The monoisotopic (exact) mass is 409 g/mol. The lowest BCUT2D eigenvalue weighted by Gasteiger charge is -2.34. The quantitative estimate of drug-likeness (QED) is 0.662. The van der Waals surface area contributed by atoms with Crippen molar-refractivity contribution in [1.29, 1.82) is 0 Å². The molecule has 1 aromatic carbocycles. The van der Waals surface area contributed by atoms with E-state index in [9.17, 15) is 13.2 Å². The maximum absolute atomic E-state index is 13.0. The normalized spacial score (nSPS) is 21.1. The lowest BCUT2D eigenvalue weighted by molar-refractivity contribution is 0.0745. The SMILES string of the molecule is CCCN(CCN(C)C)C(=O)c1ccc(S(=O)(=O)N2CC(C)CC(C)C2)cc1. The molecule has 1 saturated heterocycles. The molecule has 1 fully saturated rings. The van der Waals surface area contributed by atoms with Crippen LogP contribution in [-0.4, -0.2) is 75.2 Å². The third kappa shape index (κ3) is 5.78. The van der Waals surface area contributed by atoms with Gasteiger partial charge in [-0.15, -0.1) is 0 Å². The van der Waals surface area contributed by atoms with E-state index < -0.39 is 10.0 Å². The molecule has 0 aromatic heterocycles. The summed E-state index contributed by atoms with van der Waals surface area (Å²) >= 11 is 0. The highest BCUT2D eigenvalue weighted by Gasteiger charge is 2.31. The highest BCUT2D eigenvalue weighted by Crippen LogP contribution is 2.26. The van der Waals surface area contributed by atoms with E-state index in [1.54, 1.807) is 28.6 Å². The van der Waals surface area contributed by atoms with E-state index in [1.165, 1.54) is 0 Å². The van der Waals surface area contributed by atoms with Gasteiger partial charge in [0.05, 0.1) is 4.90 Å². The minimum atomic E-state index is -3.52. The van der Waals surface area contributed by atoms with E-state index in [0.29, 0.717) is 43.6 Å². The molecule has 1 aromatic rings. The summed E-state index contributed by atoms with van der Waals surface area (Å²) in [6, 6.07) is 6.43. The molecule has 0 saturated carbocycles. The van der Waals surface area contributed by atoms with Crippen molar-refractivity contribution in [2.24, 2.45) is 11.8 Å². The highest BCUT2D eigenvalue weighted by atomic mass is 32.2.